The maximum atomic E-state index is 13.3. The second kappa shape index (κ2) is 15.1. The van der Waals surface area contributed by atoms with Gasteiger partial charge >= 0.3 is 11.9 Å². The summed E-state index contributed by atoms with van der Waals surface area (Å²) < 4.78 is 27.9. The molecule has 0 radical (unpaired) electrons. The summed E-state index contributed by atoms with van der Waals surface area (Å²) in [5.41, 5.74) is -0.104. The summed E-state index contributed by atoms with van der Waals surface area (Å²) in [6.45, 7) is 7.02. The van der Waals surface area contributed by atoms with Crippen molar-refractivity contribution in [2.45, 2.75) is 78.0 Å². The number of carbonyl (C=O) groups excluding carboxylic acids is 3. The van der Waals surface area contributed by atoms with E-state index in [2.05, 4.69) is 24.1 Å². The summed E-state index contributed by atoms with van der Waals surface area (Å²) in [6.07, 6.45) is 4.36. The van der Waals surface area contributed by atoms with Crippen LogP contribution in [0.5, 0.6) is 17.2 Å². The zero-order chi connectivity index (χ0) is 29.1. The van der Waals surface area contributed by atoms with Gasteiger partial charge in [-0.2, -0.15) is 0 Å². The summed E-state index contributed by atoms with van der Waals surface area (Å²) in [5, 5.41) is 2.76. The van der Waals surface area contributed by atoms with Crippen molar-refractivity contribution in [2.24, 2.45) is 11.8 Å². The first kappa shape index (κ1) is 30.7. The fraction of sp³-hybridized carbons (Fsp3) is 0.533. The SMILES string of the molecule is COc1ccnc(C(=O)NC2CCC[C@H](CCC(C)C)[C@@H](Oc3ccccc3)[C@H](C)OC2=O)c1OCOC(C)=O. The molecule has 0 saturated carbocycles. The van der Waals surface area contributed by atoms with Crippen molar-refractivity contribution in [1.82, 2.24) is 10.3 Å². The fourth-order valence-corrected chi connectivity index (χ4v) is 4.71. The van der Waals surface area contributed by atoms with E-state index in [-0.39, 0.29) is 29.2 Å². The van der Waals surface area contributed by atoms with Crippen LogP contribution in [0.4, 0.5) is 0 Å². The Hall–Kier alpha value is -3.82. The Morgan fingerprint density at radius 3 is 2.58 bits per heavy atom. The first-order valence-corrected chi connectivity index (χ1v) is 13.7. The van der Waals surface area contributed by atoms with Crippen LogP contribution in [0, 0.1) is 11.8 Å². The molecule has 0 spiro atoms. The number of pyridine rings is 1. The van der Waals surface area contributed by atoms with Gasteiger partial charge in [0.15, 0.2) is 17.2 Å². The van der Waals surface area contributed by atoms with Gasteiger partial charge in [-0.1, -0.05) is 44.9 Å². The van der Waals surface area contributed by atoms with Crippen LogP contribution in [0.25, 0.3) is 0 Å². The van der Waals surface area contributed by atoms with Crippen LogP contribution in [-0.4, -0.2) is 55.0 Å². The monoisotopic (exact) mass is 556 g/mol. The normalized spacial score (nSPS) is 21.3. The molecule has 0 aliphatic carbocycles. The largest absolute Gasteiger partial charge is 0.493 e. The number of para-hydroxylation sites is 1. The second-order valence-electron chi connectivity index (χ2n) is 10.3. The number of cyclic esters (lactones) is 1. The van der Waals surface area contributed by atoms with Gasteiger partial charge in [-0.15, -0.1) is 0 Å². The molecule has 10 nitrogen and oxygen atoms in total. The molecule has 40 heavy (non-hydrogen) atoms. The molecule has 1 unspecified atom stereocenters. The van der Waals surface area contributed by atoms with E-state index in [1.54, 1.807) is 0 Å². The van der Waals surface area contributed by atoms with Gasteiger partial charge in [0, 0.05) is 19.2 Å². The predicted octanol–water partition coefficient (Wildman–Crippen LogP) is 4.70. The third-order valence-electron chi connectivity index (χ3n) is 6.79. The van der Waals surface area contributed by atoms with Crippen LogP contribution >= 0.6 is 0 Å². The lowest BCUT2D eigenvalue weighted by atomic mass is 9.86. The number of benzene rings is 1. The highest BCUT2D eigenvalue weighted by atomic mass is 16.7. The quantitative estimate of drug-likeness (QED) is 0.310. The minimum Gasteiger partial charge on any atom is -0.493 e. The summed E-state index contributed by atoms with van der Waals surface area (Å²) in [7, 11) is 1.41. The average Bonchev–Trinajstić information content (AvgIpc) is 2.97. The molecule has 3 rings (SSSR count). The number of hydrogen-bond acceptors (Lipinski definition) is 9. The van der Waals surface area contributed by atoms with E-state index in [1.807, 2.05) is 37.3 Å². The number of methoxy groups -OCH3 is 1. The third kappa shape index (κ3) is 8.86. The number of nitrogens with zero attached hydrogens (tertiary/aromatic N) is 1. The average molecular weight is 557 g/mol. The summed E-state index contributed by atoms with van der Waals surface area (Å²) in [5.74, 6) is -0.0810. The molecule has 1 aliphatic rings. The molecule has 218 valence electrons. The van der Waals surface area contributed by atoms with Crippen molar-refractivity contribution < 1.29 is 38.1 Å². The number of amides is 1. The first-order valence-electron chi connectivity index (χ1n) is 13.7. The van der Waals surface area contributed by atoms with Gasteiger partial charge in [0.05, 0.1) is 7.11 Å². The van der Waals surface area contributed by atoms with E-state index < -0.39 is 36.8 Å². The summed E-state index contributed by atoms with van der Waals surface area (Å²) >= 11 is 0. The Labute approximate surface area is 235 Å². The summed E-state index contributed by atoms with van der Waals surface area (Å²) in [6, 6.07) is 10.1. The first-order chi connectivity index (χ1) is 19.2. The van der Waals surface area contributed by atoms with Gasteiger partial charge in [-0.3, -0.25) is 9.59 Å². The number of hydrogen-bond donors (Lipinski definition) is 1. The molecule has 2 heterocycles. The Bertz CT molecular complexity index is 1120. The zero-order valence-corrected chi connectivity index (χ0v) is 23.9. The van der Waals surface area contributed by atoms with Gasteiger partial charge in [-0.05, 0) is 50.2 Å². The molecule has 1 N–H and O–H groups in total. The van der Waals surface area contributed by atoms with E-state index in [0.717, 1.165) is 25.0 Å². The topological polar surface area (TPSA) is 122 Å². The van der Waals surface area contributed by atoms with Gasteiger partial charge in [-0.25, -0.2) is 9.78 Å². The van der Waals surface area contributed by atoms with E-state index in [0.29, 0.717) is 18.8 Å². The number of aromatic nitrogens is 1. The van der Waals surface area contributed by atoms with Crippen molar-refractivity contribution >= 4 is 17.8 Å². The van der Waals surface area contributed by atoms with E-state index >= 15 is 0 Å². The second-order valence-corrected chi connectivity index (χ2v) is 10.3. The Kier molecular flexibility index (Phi) is 11.6. The van der Waals surface area contributed by atoms with Gasteiger partial charge < -0.3 is 29.0 Å². The molecule has 10 heteroatoms. The number of carbonyl (C=O) groups is 3. The lowest BCUT2D eigenvalue weighted by molar-refractivity contribution is -0.156. The Morgan fingerprint density at radius 1 is 1.15 bits per heavy atom. The molecule has 1 aromatic heterocycles. The highest BCUT2D eigenvalue weighted by Crippen LogP contribution is 2.32. The van der Waals surface area contributed by atoms with Crippen molar-refractivity contribution in [3.8, 4) is 17.2 Å². The number of ether oxygens (including phenoxy) is 5. The van der Waals surface area contributed by atoms with Crippen LogP contribution in [-0.2, 0) is 19.1 Å². The zero-order valence-electron chi connectivity index (χ0n) is 23.9. The molecule has 1 amide bonds. The van der Waals surface area contributed by atoms with Crippen LogP contribution < -0.4 is 19.5 Å². The molecule has 2 aromatic rings. The lowest BCUT2D eigenvalue weighted by Crippen LogP contribution is -2.45. The van der Waals surface area contributed by atoms with E-state index in [4.69, 9.17) is 23.7 Å². The fourth-order valence-electron chi connectivity index (χ4n) is 4.71. The standard InChI is InChI=1S/C30H40N2O8/c1-19(2)14-15-22-10-9-13-24(30(35)39-20(3)27(22)40-23-11-7-6-8-12-23)32-29(34)26-28(38-18-37-21(4)33)25(36-5)16-17-31-26/h6-8,11-12,16-17,19-20,22,24,27H,9-10,13-15,18H2,1-5H3,(H,32,34)/t20-,22+,24?,27-/m0/s1. The van der Waals surface area contributed by atoms with E-state index in [9.17, 15) is 14.4 Å². The maximum absolute atomic E-state index is 13.3. The van der Waals surface area contributed by atoms with Crippen molar-refractivity contribution in [2.75, 3.05) is 13.9 Å². The Balaban J connectivity index is 1.79. The maximum Gasteiger partial charge on any atom is 0.329 e. The highest BCUT2D eigenvalue weighted by molar-refractivity contribution is 5.98. The van der Waals surface area contributed by atoms with Crippen LogP contribution in [0.2, 0.25) is 0 Å². The molecular weight excluding hydrogens is 516 g/mol. The minimum atomic E-state index is -0.898. The van der Waals surface area contributed by atoms with Crippen molar-refractivity contribution in [1.29, 1.82) is 0 Å². The lowest BCUT2D eigenvalue weighted by Gasteiger charge is -2.32. The molecule has 0 bridgehead atoms. The van der Waals surface area contributed by atoms with Crippen molar-refractivity contribution in [3.05, 3.63) is 48.3 Å². The summed E-state index contributed by atoms with van der Waals surface area (Å²) in [4.78, 5) is 41.9. The molecule has 1 saturated heterocycles. The number of esters is 2. The third-order valence-corrected chi connectivity index (χ3v) is 6.79. The van der Waals surface area contributed by atoms with Crippen LogP contribution in [0.3, 0.4) is 0 Å². The molecule has 1 fully saturated rings. The molecule has 1 aliphatic heterocycles. The number of nitrogens with one attached hydrogen (secondary N) is 1. The minimum absolute atomic E-state index is 0.00127. The van der Waals surface area contributed by atoms with Gasteiger partial charge in [0.1, 0.15) is 24.0 Å². The predicted molar refractivity (Wildman–Crippen MR) is 147 cm³/mol. The number of rotatable bonds is 11. The van der Waals surface area contributed by atoms with Gasteiger partial charge in [0.25, 0.3) is 5.91 Å². The van der Waals surface area contributed by atoms with Crippen LogP contribution in [0.15, 0.2) is 42.6 Å². The Morgan fingerprint density at radius 2 is 1.90 bits per heavy atom. The van der Waals surface area contributed by atoms with Crippen molar-refractivity contribution in [3.63, 3.8) is 0 Å². The molecule has 4 atom stereocenters. The molecule has 1 aromatic carbocycles. The van der Waals surface area contributed by atoms with E-state index in [1.165, 1.54) is 26.3 Å². The highest BCUT2D eigenvalue weighted by Gasteiger charge is 2.36. The molecular formula is C30H40N2O8. The van der Waals surface area contributed by atoms with Gasteiger partial charge in [0.2, 0.25) is 6.79 Å². The smallest absolute Gasteiger partial charge is 0.329 e. The van der Waals surface area contributed by atoms with Crippen LogP contribution in [0.1, 0.15) is 70.3 Å².